The molecule has 1 aromatic carbocycles. The molecule has 0 fully saturated rings. The van der Waals surface area contributed by atoms with Crippen LogP contribution in [0.25, 0.3) is 21.5 Å². The van der Waals surface area contributed by atoms with Crippen molar-refractivity contribution in [1.29, 1.82) is 0 Å². The number of ether oxygens (including phenoxy) is 1. The van der Waals surface area contributed by atoms with E-state index < -0.39 is 0 Å². The number of hydrogen-bond acceptors (Lipinski definition) is 6. The number of nitrogens with zero attached hydrogens (tertiary/aromatic N) is 1. The van der Waals surface area contributed by atoms with E-state index in [1.807, 2.05) is 55.6 Å². The minimum Gasteiger partial charge on any atom is -0.493 e. The predicted octanol–water partition coefficient (Wildman–Crippen LogP) is 5.43. The number of aromatic nitrogens is 2. The van der Waals surface area contributed by atoms with Crippen molar-refractivity contribution in [2.75, 3.05) is 12.4 Å². The van der Waals surface area contributed by atoms with Crippen LogP contribution in [0.4, 0.5) is 0 Å². The SMILES string of the molecule is Cc1cccc(OCCSC(C)c2nc3scc(-c4ccco4)c3c(=O)[nH]2)c1. The minimum absolute atomic E-state index is 0.0624. The molecule has 3 heterocycles. The highest BCUT2D eigenvalue weighted by molar-refractivity contribution is 7.99. The maximum absolute atomic E-state index is 12.7. The molecule has 0 amide bonds. The highest BCUT2D eigenvalue weighted by atomic mass is 32.2. The van der Waals surface area contributed by atoms with Gasteiger partial charge >= 0.3 is 0 Å². The Hall–Kier alpha value is -2.51. The molecule has 0 aliphatic rings. The van der Waals surface area contributed by atoms with E-state index in [0.29, 0.717) is 23.6 Å². The Labute approximate surface area is 170 Å². The van der Waals surface area contributed by atoms with E-state index in [4.69, 9.17) is 9.15 Å². The third kappa shape index (κ3) is 4.00. The second kappa shape index (κ2) is 8.24. The van der Waals surface area contributed by atoms with Gasteiger partial charge in [-0.25, -0.2) is 4.98 Å². The summed E-state index contributed by atoms with van der Waals surface area (Å²) in [5.41, 5.74) is 1.84. The molecule has 7 heteroatoms. The second-order valence-electron chi connectivity index (χ2n) is 6.44. The molecule has 5 nitrogen and oxygen atoms in total. The predicted molar refractivity (Wildman–Crippen MR) is 115 cm³/mol. The number of fused-ring (bicyclic) bond motifs is 1. The van der Waals surface area contributed by atoms with Crippen LogP contribution >= 0.6 is 23.1 Å². The molecule has 0 aliphatic carbocycles. The highest BCUT2D eigenvalue weighted by Crippen LogP contribution is 2.32. The van der Waals surface area contributed by atoms with Crippen molar-refractivity contribution in [1.82, 2.24) is 9.97 Å². The first kappa shape index (κ1) is 18.8. The molecule has 0 saturated carbocycles. The van der Waals surface area contributed by atoms with E-state index in [1.165, 1.54) is 16.9 Å². The standard InChI is InChI=1S/C21H20N2O3S2/c1-13-5-3-6-15(11-13)25-9-10-27-14(2)19-22-20(24)18-16(12-28-21(18)23-19)17-7-4-8-26-17/h3-8,11-12,14H,9-10H2,1-2H3,(H,22,23,24). The van der Waals surface area contributed by atoms with E-state index in [2.05, 4.69) is 9.97 Å². The van der Waals surface area contributed by atoms with Gasteiger partial charge in [0.1, 0.15) is 22.2 Å². The van der Waals surface area contributed by atoms with Gasteiger partial charge < -0.3 is 14.1 Å². The lowest BCUT2D eigenvalue weighted by Crippen LogP contribution is -2.13. The number of H-pyrrole nitrogens is 1. The molecule has 0 bridgehead atoms. The molecular weight excluding hydrogens is 392 g/mol. The number of aryl methyl sites for hydroxylation is 1. The molecule has 1 N–H and O–H groups in total. The van der Waals surface area contributed by atoms with Crippen LogP contribution in [0.1, 0.15) is 23.6 Å². The Morgan fingerprint density at radius 3 is 3.00 bits per heavy atom. The van der Waals surface area contributed by atoms with Crippen molar-refractivity contribution in [3.8, 4) is 17.1 Å². The lowest BCUT2D eigenvalue weighted by molar-refractivity contribution is 0.343. The lowest BCUT2D eigenvalue weighted by atomic mass is 10.2. The fourth-order valence-corrected chi connectivity index (χ4v) is 4.68. The summed E-state index contributed by atoms with van der Waals surface area (Å²) in [5, 5.41) is 2.57. The van der Waals surface area contributed by atoms with Crippen LogP contribution in [-0.2, 0) is 0 Å². The molecule has 4 aromatic rings. The van der Waals surface area contributed by atoms with Gasteiger partial charge in [-0.3, -0.25) is 4.79 Å². The Bertz CT molecular complexity index is 1130. The molecule has 1 unspecified atom stereocenters. The minimum atomic E-state index is -0.129. The normalized spacial score (nSPS) is 12.4. The highest BCUT2D eigenvalue weighted by Gasteiger charge is 2.17. The largest absolute Gasteiger partial charge is 0.493 e. The molecule has 4 rings (SSSR count). The average molecular weight is 413 g/mol. The van der Waals surface area contributed by atoms with E-state index in [1.54, 1.807) is 18.0 Å². The van der Waals surface area contributed by atoms with Gasteiger partial charge in [-0.05, 0) is 43.7 Å². The van der Waals surface area contributed by atoms with Crippen molar-refractivity contribution < 1.29 is 9.15 Å². The van der Waals surface area contributed by atoms with Gasteiger partial charge in [-0.2, -0.15) is 0 Å². The fraction of sp³-hybridized carbons (Fsp3) is 0.238. The summed E-state index contributed by atoms with van der Waals surface area (Å²) in [4.78, 5) is 21.0. The summed E-state index contributed by atoms with van der Waals surface area (Å²) in [6, 6.07) is 11.7. The fourth-order valence-electron chi connectivity index (χ4n) is 2.94. The van der Waals surface area contributed by atoms with Crippen LogP contribution in [0.2, 0.25) is 0 Å². The van der Waals surface area contributed by atoms with E-state index in [-0.39, 0.29) is 10.8 Å². The van der Waals surface area contributed by atoms with Crippen LogP contribution in [0.3, 0.4) is 0 Å². The molecule has 0 aliphatic heterocycles. The number of nitrogens with one attached hydrogen (secondary N) is 1. The molecule has 1 atom stereocenters. The Kier molecular flexibility index (Phi) is 5.54. The van der Waals surface area contributed by atoms with Gasteiger partial charge in [0.05, 0.1) is 23.5 Å². The smallest absolute Gasteiger partial charge is 0.260 e. The van der Waals surface area contributed by atoms with Gasteiger partial charge in [0, 0.05) is 16.7 Å². The van der Waals surface area contributed by atoms with Crippen molar-refractivity contribution in [3.63, 3.8) is 0 Å². The summed E-state index contributed by atoms with van der Waals surface area (Å²) >= 11 is 3.16. The number of thiophene rings is 1. The van der Waals surface area contributed by atoms with Gasteiger partial charge in [0.2, 0.25) is 0 Å². The first-order chi connectivity index (χ1) is 13.6. The Morgan fingerprint density at radius 2 is 2.21 bits per heavy atom. The van der Waals surface area contributed by atoms with Crippen LogP contribution in [0, 0.1) is 6.92 Å². The molecule has 144 valence electrons. The van der Waals surface area contributed by atoms with Gasteiger partial charge in [-0.1, -0.05) is 12.1 Å². The first-order valence-electron chi connectivity index (χ1n) is 8.98. The molecule has 3 aromatic heterocycles. The van der Waals surface area contributed by atoms with E-state index in [9.17, 15) is 4.79 Å². The average Bonchev–Trinajstić information content (AvgIpc) is 3.34. The van der Waals surface area contributed by atoms with Crippen molar-refractivity contribution in [2.24, 2.45) is 0 Å². The zero-order valence-corrected chi connectivity index (χ0v) is 17.2. The van der Waals surface area contributed by atoms with Crippen LogP contribution < -0.4 is 10.3 Å². The molecule has 0 radical (unpaired) electrons. The van der Waals surface area contributed by atoms with Gasteiger partial charge in [0.15, 0.2) is 0 Å². The number of hydrogen-bond donors (Lipinski definition) is 1. The summed E-state index contributed by atoms with van der Waals surface area (Å²) in [6.45, 7) is 4.69. The summed E-state index contributed by atoms with van der Waals surface area (Å²) in [7, 11) is 0. The Balaban J connectivity index is 1.43. The molecule has 0 spiro atoms. The number of benzene rings is 1. The third-order valence-corrected chi connectivity index (χ3v) is 6.34. The van der Waals surface area contributed by atoms with Crippen LogP contribution in [0.5, 0.6) is 5.75 Å². The third-order valence-electron chi connectivity index (χ3n) is 4.34. The van der Waals surface area contributed by atoms with Crippen LogP contribution in [0.15, 0.2) is 57.3 Å². The number of aromatic amines is 1. The topological polar surface area (TPSA) is 68.1 Å². The molecular formula is C21H20N2O3S2. The second-order valence-corrected chi connectivity index (χ2v) is 8.74. The summed E-state index contributed by atoms with van der Waals surface area (Å²) in [6.07, 6.45) is 1.60. The summed E-state index contributed by atoms with van der Waals surface area (Å²) < 4.78 is 11.2. The monoisotopic (exact) mass is 412 g/mol. The maximum atomic E-state index is 12.7. The number of rotatable bonds is 7. The van der Waals surface area contributed by atoms with Gasteiger partial charge in [-0.15, -0.1) is 23.1 Å². The van der Waals surface area contributed by atoms with Crippen molar-refractivity contribution in [2.45, 2.75) is 19.1 Å². The zero-order chi connectivity index (χ0) is 19.5. The number of furan rings is 1. The Morgan fingerprint density at radius 1 is 1.32 bits per heavy atom. The zero-order valence-electron chi connectivity index (χ0n) is 15.6. The van der Waals surface area contributed by atoms with Gasteiger partial charge in [0.25, 0.3) is 5.56 Å². The summed E-state index contributed by atoms with van der Waals surface area (Å²) in [5.74, 6) is 3.05. The van der Waals surface area contributed by atoms with E-state index in [0.717, 1.165) is 21.9 Å². The van der Waals surface area contributed by atoms with E-state index >= 15 is 0 Å². The quantitative estimate of drug-likeness (QED) is 0.410. The molecule has 28 heavy (non-hydrogen) atoms. The molecule has 0 saturated heterocycles. The van der Waals surface area contributed by atoms with Crippen molar-refractivity contribution >= 4 is 33.3 Å². The van der Waals surface area contributed by atoms with Crippen LogP contribution in [-0.4, -0.2) is 22.3 Å². The number of thioether (sulfide) groups is 1. The van der Waals surface area contributed by atoms with Crippen molar-refractivity contribution in [3.05, 3.63) is 69.8 Å². The lowest BCUT2D eigenvalue weighted by Gasteiger charge is -2.11. The maximum Gasteiger partial charge on any atom is 0.260 e. The first-order valence-corrected chi connectivity index (χ1v) is 10.9.